The largest absolute Gasteiger partial charge is 0.491 e. The molecule has 0 fully saturated rings. The second-order valence-electron chi connectivity index (χ2n) is 9.58. The van der Waals surface area contributed by atoms with Crippen molar-refractivity contribution >= 4 is 17.9 Å². The Hall–Kier alpha value is -3.78. The van der Waals surface area contributed by atoms with Crippen LogP contribution in [-0.4, -0.2) is 51.3 Å². The molecule has 0 saturated heterocycles. The van der Waals surface area contributed by atoms with Gasteiger partial charge in [0.15, 0.2) is 11.6 Å². The number of aliphatic hydroxyl groups excluding tert-OH is 1. The van der Waals surface area contributed by atoms with Crippen molar-refractivity contribution in [3.8, 4) is 17.0 Å². The van der Waals surface area contributed by atoms with Gasteiger partial charge in [-0.25, -0.2) is 4.98 Å². The molecule has 4 rings (SSSR count). The normalized spacial score (nSPS) is 15.0. The predicted octanol–water partition coefficient (Wildman–Crippen LogP) is 4.32. The van der Waals surface area contributed by atoms with E-state index in [-0.39, 0.29) is 36.5 Å². The van der Waals surface area contributed by atoms with Gasteiger partial charge in [0.1, 0.15) is 11.8 Å². The lowest BCUT2D eigenvalue weighted by atomic mass is 10.0. The molecule has 3 aromatic rings. The minimum Gasteiger partial charge on any atom is -0.491 e. The summed E-state index contributed by atoms with van der Waals surface area (Å²) in [7, 11) is 1.82. The molecule has 1 unspecified atom stereocenters. The van der Waals surface area contributed by atoms with Crippen molar-refractivity contribution < 1.29 is 19.4 Å². The number of Topliss-reactive ketones (excluding diaryl/α,β-unsaturated/α-hetero) is 1. The maximum absolute atomic E-state index is 13.1. The fourth-order valence-corrected chi connectivity index (χ4v) is 4.25. The molecule has 0 saturated carbocycles. The minimum absolute atomic E-state index is 0.00632. The molecule has 1 amide bonds. The first-order valence-corrected chi connectivity index (χ1v) is 12.7. The number of ether oxygens (including phenoxy) is 1. The van der Waals surface area contributed by atoms with Crippen LogP contribution in [0.4, 0.5) is 0 Å². The van der Waals surface area contributed by atoms with Crippen molar-refractivity contribution in [3.05, 3.63) is 71.2 Å². The summed E-state index contributed by atoms with van der Waals surface area (Å²) < 4.78 is 7.63. The van der Waals surface area contributed by atoms with Crippen LogP contribution in [0.25, 0.3) is 11.3 Å². The van der Waals surface area contributed by atoms with Crippen molar-refractivity contribution in [3.63, 3.8) is 0 Å². The van der Waals surface area contributed by atoms with Crippen molar-refractivity contribution in [2.24, 2.45) is 12.0 Å². The number of aliphatic hydroxyl groups is 1. The lowest BCUT2D eigenvalue weighted by Gasteiger charge is -2.19. The average Bonchev–Trinajstić information content (AvgIpc) is 3.65. The monoisotopic (exact) mass is 502 g/mol. The summed E-state index contributed by atoms with van der Waals surface area (Å²) >= 11 is 0. The number of benzene rings is 2. The number of carbonyl (C=O) groups is 2. The summed E-state index contributed by atoms with van der Waals surface area (Å²) in [4.78, 5) is 33.9. The summed E-state index contributed by atoms with van der Waals surface area (Å²) in [5.41, 5.74) is 4.10. The van der Waals surface area contributed by atoms with Crippen molar-refractivity contribution in [1.82, 2.24) is 14.9 Å². The molecular formula is C29H34N4O4. The first kappa shape index (κ1) is 26.3. The molecule has 8 nitrogen and oxygen atoms in total. The topological polar surface area (TPSA) is 106 Å². The van der Waals surface area contributed by atoms with Crippen LogP contribution < -0.4 is 10.1 Å². The molecule has 0 radical (unpaired) electrons. The number of rotatable bonds is 12. The standard InChI is InChI=1S/C29H34N4O4/c1-5-26(35)28-32-25(17-33(28)4)20-8-6-19(7-9-20)14-22(12-13-34)31-29(36)21-10-11-27(37-18(2)3)23(15-21)24-16-30-24/h6-11,15-18,22,24,34H,5,12-14H2,1-4H3,(H,31,36)/t22-,24?/m1/s1. The lowest BCUT2D eigenvalue weighted by Crippen LogP contribution is -2.37. The van der Waals surface area contributed by atoms with E-state index in [1.54, 1.807) is 10.6 Å². The third-order valence-electron chi connectivity index (χ3n) is 6.24. The SMILES string of the molecule is CCC(=O)c1nc(-c2ccc(C[C@@H](CCO)NC(=O)c3ccc(OC(C)C)c(C4C=N4)c3)cc2)cn1C. The smallest absolute Gasteiger partial charge is 0.251 e. The van der Waals surface area contributed by atoms with Gasteiger partial charge in [0.25, 0.3) is 5.91 Å². The van der Waals surface area contributed by atoms with Crippen molar-refractivity contribution in [2.75, 3.05) is 6.61 Å². The molecule has 0 aliphatic carbocycles. The second-order valence-corrected chi connectivity index (χ2v) is 9.58. The van der Waals surface area contributed by atoms with E-state index < -0.39 is 0 Å². The van der Waals surface area contributed by atoms with Gasteiger partial charge in [-0.15, -0.1) is 0 Å². The quantitative estimate of drug-likeness (QED) is 0.359. The molecule has 1 aliphatic heterocycles. The maximum Gasteiger partial charge on any atom is 0.251 e. The first-order valence-electron chi connectivity index (χ1n) is 12.7. The number of nitrogens with zero attached hydrogens (tertiary/aromatic N) is 3. The third kappa shape index (κ3) is 6.51. The zero-order valence-electron chi connectivity index (χ0n) is 21.8. The van der Waals surface area contributed by atoms with E-state index in [4.69, 9.17) is 4.74 Å². The van der Waals surface area contributed by atoms with Gasteiger partial charge in [0, 0.05) is 55.2 Å². The predicted molar refractivity (Wildman–Crippen MR) is 143 cm³/mol. The van der Waals surface area contributed by atoms with Gasteiger partial charge in [-0.3, -0.25) is 14.6 Å². The van der Waals surface area contributed by atoms with Gasteiger partial charge < -0.3 is 19.7 Å². The fourth-order valence-electron chi connectivity index (χ4n) is 4.25. The zero-order chi connectivity index (χ0) is 26.5. The van der Waals surface area contributed by atoms with Gasteiger partial charge >= 0.3 is 0 Å². The summed E-state index contributed by atoms with van der Waals surface area (Å²) in [6, 6.07) is 13.0. The van der Waals surface area contributed by atoms with Gasteiger partial charge in [-0.2, -0.15) is 0 Å². The summed E-state index contributed by atoms with van der Waals surface area (Å²) in [5, 5.41) is 12.7. The Morgan fingerprint density at radius 1 is 1.16 bits per heavy atom. The summed E-state index contributed by atoms with van der Waals surface area (Å²) in [6.45, 7) is 5.72. The highest BCUT2D eigenvalue weighted by atomic mass is 16.5. The highest BCUT2D eigenvalue weighted by Gasteiger charge is 2.24. The Balaban J connectivity index is 1.44. The van der Waals surface area contributed by atoms with Crippen LogP contribution in [0.15, 0.2) is 53.7 Å². The van der Waals surface area contributed by atoms with Crippen molar-refractivity contribution in [1.29, 1.82) is 0 Å². The highest BCUT2D eigenvalue weighted by molar-refractivity contribution is 5.95. The number of carbonyl (C=O) groups excluding carboxylic acids is 2. The van der Waals surface area contributed by atoms with Gasteiger partial charge in [0.05, 0.1) is 11.8 Å². The Labute approximate surface area is 217 Å². The van der Waals surface area contributed by atoms with E-state index in [0.717, 1.165) is 28.1 Å². The molecule has 8 heteroatoms. The van der Waals surface area contributed by atoms with E-state index in [2.05, 4.69) is 15.3 Å². The van der Waals surface area contributed by atoms with E-state index in [1.807, 2.05) is 76.6 Å². The first-order chi connectivity index (χ1) is 17.8. The molecule has 0 spiro atoms. The second kappa shape index (κ2) is 11.5. The van der Waals surface area contributed by atoms with Crippen LogP contribution in [0, 0.1) is 0 Å². The van der Waals surface area contributed by atoms with Crippen LogP contribution in [0.5, 0.6) is 5.75 Å². The number of aryl methyl sites for hydroxylation is 1. The number of aromatic nitrogens is 2. The number of hydrogen-bond donors (Lipinski definition) is 2. The number of imidazole rings is 1. The van der Waals surface area contributed by atoms with Crippen LogP contribution in [0.1, 0.15) is 71.8 Å². The molecule has 2 heterocycles. The van der Waals surface area contributed by atoms with Gasteiger partial charge in [-0.05, 0) is 50.5 Å². The van der Waals surface area contributed by atoms with E-state index in [0.29, 0.717) is 30.7 Å². The van der Waals surface area contributed by atoms with Crippen LogP contribution in [-0.2, 0) is 13.5 Å². The molecule has 2 N–H and O–H groups in total. The molecule has 0 bridgehead atoms. The maximum atomic E-state index is 13.1. The zero-order valence-corrected chi connectivity index (χ0v) is 21.8. The van der Waals surface area contributed by atoms with Crippen LogP contribution >= 0.6 is 0 Å². The third-order valence-corrected chi connectivity index (χ3v) is 6.24. The number of aliphatic imine (C=N–C) groups is 1. The number of amides is 1. The number of ketones is 1. The number of hydrogen-bond acceptors (Lipinski definition) is 6. The molecule has 1 aromatic heterocycles. The molecule has 194 valence electrons. The van der Waals surface area contributed by atoms with Crippen molar-refractivity contribution in [2.45, 2.75) is 58.2 Å². The number of nitrogens with one attached hydrogen (secondary N) is 1. The highest BCUT2D eigenvalue weighted by Crippen LogP contribution is 2.34. The molecule has 37 heavy (non-hydrogen) atoms. The minimum atomic E-state index is -0.237. The van der Waals surface area contributed by atoms with Gasteiger partial charge in [0.2, 0.25) is 0 Å². The lowest BCUT2D eigenvalue weighted by molar-refractivity contribution is 0.0928. The molecular weight excluding hydrogens is 468 g/mol. The molecule has 1 aliphatic rings. The van der Waals surface area contributed by atoms with E-state index in [1.165, 1.54) is 0 Å². The molecule has 2 aromatic carbocycles. The summed E-state index contributed by atoms with van der Waals surface area (Å²) in [5.74, 6) is 0.995. The van der Waals surface area contributed by atoms with Gasteiger partial charge in [-0.1, -0.05) is 31.2 Å². The Morgan fingerprint density at radius 3 is 2.51 bits per heavy atom. The Kier molecular flexibility index (Phi) is 8.18. The van der Waals surface area contributed by atoms with Crippen LogP contribution in [0.3, 0.4) is 0 Å². The van der Waals surface area contributed by atoms with Crippen LogP contribution in [0.2, 0.25) is 0 Å². The summed E-state index contributed by atoms with van der Waals surface area (Å²) in [6.07, 6.45) is 5.12. The average molecular weight is 503 g/mol. The molecule has 2 atom stereocenters. The Morgan fingerprint density at radius 2 is 1.89 bits per heavy atom. The fraction of sp³-hybridized carbons (Fsp3) is 0.379. The van der Waals surface area contributed by atoms with E-state index in [9.17, 15) is 14.7 Å². The Bertz CT molecular complexity index is 1290. The van der Waals surface area contributed by atoms with E-state index >= 15 is 0 Å².